The highest BCUT2D eigenvalue weighted by molar-refractivity contribution is 5.77. The first kappa shape index (κ1) is 9.06. The van der Waals surface area contributed by atoms with E-state index in [4.69, 9.17) is 4.84 Å². The zero-order chi connectivity index (χ0) is 10.2. The molecule has 1 aromatic heterocycles. The van der Waals surface area contributed by atoms with Crippen LogP contribution in [0.3, 0.4) is 0 Å². The van der Waals surface area contributed by atoms with Gasteiger partial charge in [0.25, 0.3) is 0 Å². The molecule has 0 unspecified atom stereocenters. The van der Waals surface area contributed by atoms with E-state index in [2.05, 4.69) is 5.10 Å². The molecule has 2 rings (SSSR count). The van der Waals surface area contributed by atoms with Crippen LogP contribution >= 0.6 is 0 Å². The van der Waals surface area contributed by atoms with E-state index in [0.29, 0.717) is 0 Å². The van der Waals surface area contributed by atoms with Gasteiger partial charge in [-0.25, -0.2) is 0 Å². The molecule has 0 amide bonds. The minimum atomic E-state index is -0.227. The molecule has 2 aromatic rings. The molecular weight excluding hydrogens is 176 g/mol. The van der Waals surface area contributed by atoms with E-state index in [1.54, 1.807) is 11.0 Å². The first-order chi connectivity index (χ1) is 6.56. The number of fused-ring (bicyclic) bond motifs is 1. The van der Waals surface area contributed by atoms with E-state index < -0.39 is 0 Å². The predicted molar refractivity (Wildman–Crippen MR) is 56.1 cm³/mol. The van der Waals surface area contributed by atoms with Crippen LogP contribution < -0.4 is 4.84 Å². The third-order valence-electron chi connectivity index (χ3n) is 1.80. The number of hydrogen-bond donors (Lipinski definition) is 0. The summed E-state index contributed by atoms with van der Waals surface area (Å²) in [5.74, 6) is 0. The Labute approximate surface area is 83.2 Å². The second-order valence-corrected chi connectivity index (χ2v) is 4.28. The molecule has 0 aliphatic carbocycles. The molecule has 0 spiro atoms. The summed E-state index contributed by atoms with van der Waals surface area (Å²) in [5.41, 5.74) is 0.775. The number of hydrogen-bond acceptors (Lipinski definition) is 2. The van der Waals surface area contributed by atoms with Gasteiger partial charge in [0.1, 0.15) is 11.1 Å². The standard InChI is InChI=1S/C11H14N2O/c1-11(2,3)14-13-10-7-5-4-6-9(10)8-12-13/h4-8H,1-3H3. The molecule has 0 aliphatic heterocycles. The lowest BCUT2D eigenvalue weighted by Gasteiger charge is -2.20. The average Bonchev–Trinajstić information content (AvgIpc) is 2.47. The molecule has 0 atom stereocenters. The fourth-order valence-corrected chi connectivity index (χ4v) is 1.28. The molecule has 74 valence electrons. The van der Waals surface area contributed by atoms with Gasteiger partial charge < -0.3 is 4.84 Å². The van der Waals surface area contributed by atoms with Crippen LogP contribution in [0.5, 0.6) is 0 Å². The van der Waals surface area contributed by atoms with Gasteiger partial charge in [-0.3, -0.25) is 0 Å². The van der Waals surface area contributed by atoms with Crippen LogP contribution in [-0.4, -0.2) is 15.5 Å². The molecule has 0 bridgehead atoms. The Morgan fingerprint density at radius 1 is 1.21 bits per heavy atom. The second-order valence-electron chi connectivity index (χ2n) is 4.28. The highest BCUT2D eigenvalue weighted by atomic mass is 16.7. The summed E-state index contributed by atoms with van der Waals surface area (Å²) in [6.07, 6.45) is 1.81. The van der Waals surface area contributed by atoms with E-state index in [-0.39, 0.29) is 5.60 Å². The summed E-state index contributed by atoms with van der Waals surface area (Å²) in [6, 6.07) is 7.98. The van der Waals surface area contributed by atoms with Gasteiger partial charge in [-0.1, -0.05) is 23.0 Å². The van der Waals surface area contributed by atoms with Gasteiger partial charge in [-0.15, -0.1) is 5.10 Å². The second kappa shape index (κ2) is 3.01. The minimum absolute atomic E-state index is 0.227. The van der Waals surface area contributed by atoms with Crippen molar-refractivity contribution < 1.29 is 4.84 Å². The van der Waals surface area contributed by atoms with Crippen LogP contribution in [-0.2, 0) is 0 Å². The number of benzene rings is 1. The fourth-order valence-electron chi connectivity index (χ4n) is 1.28. The molecule has 0 saturated heterocycles. The smallest absolute Gasteiger partial charge is 0.129 e. The maximum atomic E-state index is 5.66. The summed E-state index contributed by atoms with van der Waals surface area (Å²) < 4.78 is 0. The maximum Gasteiger partial charge on any atom is 0.129 e. The number of aromatic nitrogens is 2. The molecular formula is C11H14N2O. The van der Waals surface area contributed by atoms with Crippen LogP contribution in [0.4, 0.5) is 0 Å². The Hall–Kier alpha value is -1.51. The van der Waals surface area contributed by atoms with Gasteiger partial charge >= 0.3 is 0 Å². The lowest BCUT2D eigenvalue weighted by Crippen LogP contribution is -2.31. The van der Waals surface area contributed by atoms with Gasteiger partial charge in [0.15, 0.2) is 0 Å². The van der Waals surface area contributed by atoms with Crippen molar-refractivity contribution in [2.24, 2.45) is 0 Å². The van der Waals surface area contributed by atoms with Gasteiger partial charge in [0, 0.05) is 5.39 Å². The predicted octanol–water partition coefficient (Wildman–Crippen LogP) is 2.26. The van der Waals surface area contributed by atoms with Crippen molar-refractivity contribution in [3.8, 4) is 0 Å². The number of rotatable bonds is 1. The van der Waals surface area contributed by atoms with Crippen LogP contribution in [0.2, 0.25) is 0 Å². The zero-order valence-corrected chi connectivity index (χ0v) is 8.69. The Bertz CT molecular complexity index is 440. The quantitative estimate of drug-likeness (QED) is 0.689. The highest BCUT2D eigenvalue weighted by Crippen LogP contribution is 2.13. The Morgan fingerprint density at radius 2 is 1.93 bits per heavy atom. The van der Waals surface area contributed by atoms with E-state index in [9.17, 15) is 0 Å². The van der Waals surface area contributed by atoms with Crippen molar-refractivity contribution in [1.29, 1.82) is 0 Å². The van der Waals surface area contributed by atoms with Crippen molar-refractivity contribution in [1.82, 2.24) is 9.94 Å². The summed E-state index contributed by atoms with van der Waals surface area (Å²) >= 11 is 0. The molecule has 3 nitrogen and oxygen atoms in total. The highest BCUT2D eigenvalue weighted by Gasteiger charge is 2.14. The molecule has 0 fully saturated rings. The molecule has 0 saturated carbocycles. The first-order valence-electron chi connectivity index (χ1n) is 4.68. The van der Waals surface area contributed by atoms with Crippen molar-refractivity contribution >= 4 is 10.9 Å². The maximum absolute atomic E-state index is 5.66. The van der Waals surface area contributed by atoms with Crippen molar-refractivity contribution in [3.05, 3.63) is 30.5 Å². The first-order valence-corrected chi connectivity index (χ1v) is 4.68. The average molecular weight is 190 g/mol. The zero-order valence-electron chi connectivity index (χ0n) is 8.69. The van der Waals surface area contributed by atoms with Crippen LogP contribution in [0.1, 0.15) is 20.8 Å². The molecule has 0 N–H and O–H groups in total. The number of nitrogens with zero attached hydrogens (tertiary/aromatic N) is 2. The monoisotopic (exact) mass is 190 g/mol. The van der Waals surface area contributed by atoms with Crippen LogP contribution in [0.25, 0.3) is 10.9 Å². The topological polar surface area (TPSA) is 27.1 Å². The van der Waals surface area contributed by atoms with Crippen LogP contribution in [0, 0.1) is 0 Å². The fraction of sp³-hybridized carbons (Fsp3) is 0.364. The SMILES string of the molecule is CC(C)(C)On1ncc2ccccc21. The summed E-state index contributed by atoms with van der Waals surface area (Å²) in [4.78, 5) is 7.24. The summed E-state index contributed by atoms with van der Waals surface area (Å²) in [5, 5.41) is 5.27. The van der Waals surface area contributed by atoms with Crippen LogP contribution in [0.15, 0.2) is 30.5 Å². The van der Waals surface area contributed by atoms with E-state index >= 15 is 0 Å². The van der Waals surface area contributed by atoms with Gasteiger partial charge in [-0.2, -0.15) is 0 Å². The molecule has 0 radical (unpaired) electrons. The molecule has 3 heteroatoms. The Kier molecular flexibility index (Phi) is 1.95. The molecule has 0 aliphatic rings. The van der Waals surface area contributed by atoms with E-state index in [1.807, 2.05) is 45.0 Å². The summed E-state index contributed by atoms with van der Waals surface area (Å²) in [6.45, 7) is 6.01. The van der Waals surface area contributed by atoms with E-state index in [0.717, 1.165) is 10.9 Å². The van der Waals surface area contributed by atoms with Gasteiger partial charge in [0.2, 0.25) is 0 Å². The molecule has 14 heavy (non-hydrogen) atoms. The lowest BCUT2D eigenvalue weighted by molar-refractivity contribution is -0.0268. The Morgan fingerprint density at radius 3 is 2.64 bits per heavy atom. The van der Waals surface area contributed by atoms with Gasteiger partial charge in [0.05, 0.1) is 6.20 Å². The van der Waals surface area contributed by atoms with Crippen molar-refractivity contribution in [2.45, 2.75) is 26.4 Å². The normalized spacial score (nSPS) is 11.9. The van der Waals surface area contributed by atoms with Crippen molar-refractivity contribution in [2.75, 3.05) is 0 Å². The van der Waals surface area contributed by atoms with E-state index in [1.165, 1.54) is 0 Å². The van der Waals surface area contributed by atoms with Crippen molar-refractivity contribution in [3.63, 3.8) is 0 Å². The number of para-hydroxylation sites is 1. The third-order valence-corrected chi connectivity index (χ3v) is 1.80. The Balaban J connectivity index is 2.44. The molecule has 1 aromatic carbocycles. The lowest BCUT2D eigenvalue weighted by atomic mass is 10.2. The summed E-state index contributed by atoms with van der Waals surface area (Å²) in [7, 11) is 0. The van der Waals surface area contributed by atoms with Gasteiger partial charge in [-0.05, 0) is 26.8 Å². The third kappa shape index (κ3) is 1.71. The largest absolute Gasteiger partial charge is 0.391 e. The minimum Gasteiger partial charge on any atom is -0.391 e. The molecule has 1 heterocycles.